The van der Waals surface area contributed by atoms with E-state index in [0.29, 0.717) is 6.61 Å². The summed E-state index contributed by atoms with van der Waals surface area (Å²) in [6, 6.07) is 13.8. The van der Waals surface area contributed by atoms with Gasteiger partial charge in [-0.2, -0.15) is 0 Å². The SMILES string of the molecule is CCCCCCCCNCc1cccc(OC)c1OCc1ccc(Cl)cc1. The lowest BCUT2D eigenvalue weighted by molar-refractivity contribution is 0.280. The summed E-state index contributed by atoms with van der Waals surface area (Å²) in [6.07, 6.45) is 7.86. The topological polar surface area (TPSA) is 30.5 Å². The fourth-order valence-corrected chi connectivity index (χ4v) is 3.14. The number of methoxy groups -OCH3 is 1. The van der Waals surface area contributed by atoms with Gasteiger partial charge in [0.2, 0.25) is 0 Å². The molecule has 1 N–H and O–H groups in total. The molecule has 2 aromatic carbocycles. The van der Waals surface area contributed by atoms with E-state index in [1.165, 1.54) is 38.5 Å². The van der Waals surface area contributed by atoms with Crippen molar-refractivity contribution < 1.29 is 9.47 Å². The summed E-state index contributed by atoms with van der Waals surface area (Å²) >= 11 is 5.95. The number of para-hydroxylation sites is 1. The van der Waals surface area contributed by atoms with Gasteiger partial charge in [0.25, 0.3) is 0 Å². The first-order valence-electron chi connectivity index (χ1n) is 9.98. The predicted molar refractivity (Wildman–Crippen MR) is 114 cm³/mol. The zero-order chi connectivity index (χ0) is 19.3. The Labute approximate surface area is 169 Å². The Morgan fingerprint density at radius 3 is 2.41 bits per heavy atom. The molecule has 0 atom stereocenters. The molecular formula is C23H32ClNO2. The molecule has 0 aliphatic carbocycles. The summed E-state index contributed by atoms with van der Waals surface area (Å²) in [7, 11) is 1.68. The minimum atomic E-state index is 0.488. The number of benzene rings is 2. The summed E-state index contributed by atoms with van der Waals surface area (Å²) in [5.74, 6) is 1.58. The monoisotopic (exact) mass is 389 g/mol. The fourth-order valence-electron chi connectivity index (χ4n) is 3.01. The highest BCUT2D eigenvalue weighted by atomic mass is 35.5. The average molecular weight is 390 g/mol. The van der Waals surface area contributed by atoms with Crippen LogP contribution in [0.15, 0.2) is 42.5 Å². The van der Waals surface area contributed by atoms with Gasteiger partial charge in [-0.15, -0.1) is 0 Å². The maximum Gasteiger partial charge on any atom is 0.166 e. The second-order valence-electron chi connectivity index (χ2n) is 6.81. The number of ether oxygens (including phenoxy) is 2. The minimum absolute atomic E-state index is 0.488. The van der Waals surface area contributed by atoms with Crippen LogP contribution < -0.4 is 14.8 Å². The minimum Gasteiger partial charge on any atom is -0.493 e. The van der Waals surface area contributed by atoms with Crippen molar-refractivity contribution >= 4 is 11.6 Å². The van der Waals surface area contributed by atoms with Crippen molar-refractivity contribution in [3.05, 3.63) is 58.6 Å². The van der Waals surface area contributed by atoms with Crippen molar-refractivity contribution in [2.24, 2.45) is 0 Å². The molecule has 0 heterocycles. The Bertz CT molecular complexity index is 658. The van der Waals surface area contributed by atoms with Gasteiger partial charge in [-0.25, -0.2) is 0 Å². The van der Waals surface area contributed by atoms with E-state index < -0.39 is 0 Å². The van der Waals surface area contributed by atoms with Crippen LogP contribution in [-0.2, 0) is 13.2 Å². The average Bonchev–Trinajstić information content (AvgIpc) is 2.69. The molecule has 2 aromatic rings. The summed E-state index contributed by atoms with van der Waals surface area (Å²) in [5.41, 5.74) is 2.20. The number of hydrogen-bond donors (Lipinski definition) is 1. The van der Waals surface area contributed by atoms with Gasteiger partial charge in [-0.1, -0.05) is 74.9 Å². The van der Waals surface area contributed by atoms with E-state index in [-0.39, 0.29) is 0 Å². The molecule has 3 nitrogen and oxygen atoms in total. The number of hydrogen-bond acceptors (Lipinski definition) is 3. The molecular weight excluding hydrogens is 358 g/mol. The molecule has 0 amide bonds. The van der Waals surface area contributed by atoms with Crippen LogP contribution in [0, 0.1) is 0 Å². The van der Waals surface area contributed by atoms with Gasteiger partial charge in [-0.3, -0.25) is 0 Å². The highest BCUT2D eigenvalue weighted by Gasteiger charge is 2.10. The lowest BCUT2D eigenvalue weighted by Crippen LogP contribution is -2.15. The first kappa shape index (κ1) is 21.6. The molecule has 0 aromatic heterocycles. The zero-order valence-electron chi connectivity index (χ0n) is 16.6. The normalized spacial score (nSPS) is 10.8. The standard InChI is InChI=1S/C23H32ClNO2/c1-3-4-5-6-7-8-16-25-17-20-10-9-11-22(26-2)23(20)27-18-19-12-14-21(24)15-13-19/h9-15,25H,3-8,16-18H2,1-2H3. The first-order valence-corrected chi connectivity index (χ1v) is 10.4. The summed E-state index contributed by atoms with van der Waals surface area (Å²) < 4.78 is 11.6. The molecule has 2 rings (SSSR count). The third-order valence-corrected chi connectivity index (χ3v) is 4.85. The quantitative estimate of drug-likeness (QED) is 0.403. The number of halogens is 1. The fraction of sp³-hybridized carbons (Fsp3) is 0.478. The molecule has 0 saturated carbocycles. The lowest BCUT2D eigenvalue weighted by atomic mass is 10.1. The highest BCUT2D eigenvalue weighted by molar-refractivity contribution is 6.30. The van der Waals surface area contributed by atoms with Crippen LogP contribution in [0.1, 0.15) is 56.6 Å². The lowest BCUT2D eigenvalue weighted by Gasteiger charge is -2.16. The molecule has 0 bridgehead atoms. The van der Waals surface area contributed by atoms with Crippen molar-refractivity contribution in [3.8, 4) is 11.5 Å². The first-order chi connectivity index (χ1) is 13.2. The Hall–Kier alpha value is -1.71. The highest BCUT2D eigenvalue weighted by Crippen LogP contribution is 2.32. The Morgan fingerprint density at radius 1 is 0.926 bits per heavy atom. The zero-order valence-corrected chi connectivity index (χ0v) is 17.4. The molecule has 0 unspecified atom stereocenters. The smallest absolute Gasteiger partial charge is 0.166 e. The largest absolute Gasteiger partial charge is 0.493 e. The van der Waals surface area contributed by atoms with Gasteiger partial charge in [-0.05, 0) is 36.7 Å². The van der Waals surface area contributed by atoms with Crippen molar-refractivity contribution in [3.63, 3.8) is 0 Å². The van der Waals surface area contributed by atoms with E-state index >= 15 is 0 Å². The second-order valence-corrected chi connectivity index (χ2v) is 7.24. The number of rotatable bonds is 13. The van der Waals surface area contributed by atoms with Crippen molar-refractivity contribution in [1.29, 1.82) is 0 Å². The molecule has 148 valence electrons. The van der Waals surface area contributed by atoms with Gasteiger partial charge >= 0.3 is 0 Å². The van der Waals surface area contributed by atoms with Crippen LogP contribution in [0.4, 0.5) is 0 Å². The molecule has 0 fully saturated rings. The van der Waals surface area contributed by atoms with Crippen LogP contribution in [0.3, 0.4) is 0 Å². The van der Waals surface area contributed by atoms with Crippen LogP contribution >= 0.6 is 11.6 Å². The Kier molecular flexibility index (Phi) is 10.1. The van der Waals surface area contributed by atoms with Crippen molar-refractivity contribution in [2.45, 2.75) is 58.6 Å². The van der Waals surface area contributed by atoms with E-state index in [1.807, 2.05) is 36.4 Å². The predicted octanol–water partition coefficient (Wildman–Crippen LogP) is 6.38. The van der Waals surface area contributed by atoms with E-state index in [9.17, 15) is 0 Å². The van der Waals surface area contributed by atoms with E-state index in [4.69, 9.17) is 21.1 Å². The van der Waals surface area contributed by atoms with Gasteiger partial charge in [0.1, 0.15) is 6.61 Å². The molecule has 0 saturated heterocycles. The molecule has 0 aliphatic heterocycles. The van der Waals surface area contributed by atoms with Gasteiger partial charge in [0.15, 0.2) is 11.5 Å². The van der Waals surface area contributed by atoms with Crippen LogP contribution in [0.2, 0.25) is 5.02 Å². The van der Waals surface area contributed by atoms with Crippen molar-refractivity contribution in [1.82, 2.24) is 5.32 Å². The van der Waals surface area contributed by atoms with Gasteiger partial charge in [0, 0.05) is 17.1 Å². The molecule has 4 heteroatoms. The van der Waals surface area contributed by atoms with E-state index in [2.05, 4.69) is 18.3 Å². The summed E-state index contributed by atoms with van der Waals surface area (Å²) in [4.78, 5) is 0. The Morgan fingerprint density at radius 2 is 1.67 bits per heavy atom. The van der Waals surface area contributed by atoms with E-state index in [1.54, 1.807) is 7.11 Å². The maximum atomic E-state index is 6.10. The number of nitrogens with one attached hydrogen (secondary N) is 1. The third-order valence-electron chi connectivity index (χ3n) is 4.60. The van der Waals surface area contributed by atoms with Crippen LogP contribution in [-0.4, -0.2) is 13.7 Å². The maximum absolute atomic E-state index is 6.10. The molecule has 0 spiro atoms. The molecule has 0 aliphatic rings. The molecule has 27 heavy (non-hydrogen) atoms. The van der Waals surface area contributed by atoms with Gasteiger partial charge < -0.3 is 14.8 Å². The van der Waals surface area contributed by atoms with Crippen LogP contribution in [0.5, 0.6) is 11.5 Å². The summed E-state index contributed by atoms with van der Waals surface area (Å²) in [5, 5.41) is 4.27. The van der Waals surface area contributed by atoms with Crippen molar-refractivity contribution in [2.75, 3.05) is 13.7 Å². The number of unbranched alkanes of at least 4 members (excludes halogenated alkanes) is 5. The van der Waals surface area contributed by atoms with Crippen LogP contribution in [0.25, 0.3) is 0 Å². The third kappa shape index (κ3) is 7.82. The Balaban J connectivity index is 1.85. The van der Waals surface area contributed by atoms with Gasteiger partial charge in [0.05, 0.1) is 7.11 Å². The molecule has 0 radical (unpaired) electrons. The summed E-state index contributed by atoms with van der Waals surface area (Å²) in [6.45, 7) is 4.55. The van der Waals surface area contributed by atoms with E-state index in [0.717, 1.165) is 40.7 Å². The second kappa shape index (κ2) is 12.6.